The van der Waals surface area contributed by atoms with Crippen LogP contribution in [0.4, 0.5) is 18.9 Å². The minimum absolute atomic E-state index is 0.196. The van der Waals surface area contributed by atoms with E-state index in [1.165, 1.54) is 6.07 Å². The van der Waals surface area contributed by atoms with E-state index in [0.717, 1.165) is 11.1 Å². The molecule has 21 heavy (non-hydrogen) atoms. The second-order valence-corrected chi connectivity index (χ2v) is 4.74. The Morgan fingerprint density at radius 3 is 2.33 bits per heavy atom. The first-order chi connectivity index (χ1) is 9.94. The first-order valence-electron chi connectivity index (χ1n) is 6.52. The molecule has 0 fully saturated rings. The standard InChI is InChI=1S/C16H16F3NO/c1-12-6-8-13(9-7-12)10-20-14-4-2-3-5-15(14)21-11-16(17,18)19/h2-9,20H,10-11H2,1H3. The first kappa shape index (κ1) is 15.2. The Morgan fingerprint density at radius 2 is 1.67 bits per heavy atom. The molecule has 0 saturated carbocycles. The van der Waals surface area contributed by atoms with Crippen LogP contribution in [0.3, 0.4) is 0 Å². The molecule has 0 aromatic heterocycles. The summed E-state index contributed by atoms with van der Waals surface area (Å²) in [7, 11) is 0. The van der Waals surface area contributed by atoms with Crippen LogP contribution in [0.2, 0.25) is 0 Å². The van der Waals surface area contributed by atoms with E-state index in [0.29, 0.717) is 12.2 Å². The Labute approximate surface area is 121 Å². The van der Waals surface area contributed by atoms with E-state index in [9.17, 15) is 13.2 Å². The summed E-state index contributed by atoms with van der Waals surface area (Å²) in [5, 5.41) is 3.09. The van der Waals surface area contributed by atoms with Gasteiger partial charge in [0.15, 0.2) is 6.61 Å². The van der Waals surface area contributed by atoms with E-state index < -0.39 is 12.8 Å². The van der Waals surface area contributed by atoms with Crippen molar-refractivity contribution in [1.82, 2.24) is 0 Å². The summed E-state index contributed by atoms with van der Waals surface area (Å²) in [4.78, 5) is 0. The summed E-state index contributed by atoms with van der Waals surface area (Å²) in [6, 6.07) is 14.5. The Balaban J connectivity index is 2.01. The molecule has 2 rings (SSSR count). The maximum atomic E-state index is 12.2. The number of halogens is 3. The zero-order valence-corrected chi connectivity index (χ0v) is 11.6. The molecule has 1 N–H and O–H groups in total. The predicted octanol–water partition coefficient (Wildman–Crippen LogP) is 4.55. The maximum absolute atomic E-state index is 12.2. The molecular formula is C16H16F3NO. The molecule has 0 bridgehead atoms. The number of alkyl halides is 3. The lowest BCUT2D eigenvalue weighted by Crippen LogP contribution is -2.19. The Morgan fingerprint density at radius 1 is 1.00 bits per heavy atom. The van der Waals surface area contributed by atoms with Gasteiger partial charge in [0.25, 0.3) is 0 Å². The van der Waals surface area contributed by atoms with E-state index in [1.807, 2.05) is 31.2 Å². The summed E-state index contributed by atoms with van der Waals surface area (Å²) in [6.07, 6.45) is -4.34. The number of para-hydroxylation sites is 2. The number of anilines is 1. The van der Waals surface area contributed by atoms with Crippen LogP contribution in [0.15, 0.2) is 48.5 Å². The van der Waals surface area contributed by atoms with Gasteiger partial charge >= 0.3 is 6.18 Å². The van der Waals surface area contributed by atoms with Crippen molar-refractivity contribution in [3.8, 4) is 5.75 Å². The highest BCUT2D eigenvalue weighted by Gasteiger charge is 2.28. The number of benzene rings is 2. The van der Waals surface area contributed by atoms with Gasteiger partial charge in [0.05, 0.1) is 5.69 Å². The number of aryl methyl sites for hydroxylation is 1. The average Bonchev–Trinajstić information content (AvgIpc) is 2.44. The van der Waals surface area contributed by atoms with Crippen molar-refractivity contribution < 1.29 is 17.9 Å². The third-order valence-electron chi connectivity index (χ3n) is 2.88. The third-order valence-corrected chi connectivity index (χ3v) is 2.88. The van der Waals surface area contributed by atoms with Crippen LogP contribution >= 0.6 is 0 Å². The van der Waals surface area contributed by atoms with E-state index in [-0.39, 0.29) is 5.75 Å². The van der Waals surface area contributed by atoms with Gasteiger partial charge in [-0.3, -0.25) is 0 Å². The fourth-order valence-corrected chi connectivity index (χ4v) is 1.80. The maximum Gasteiger partial charge on any atom is 0.422 e. The Hall–Kier alpha value is -2.17. The summed E-state index contributed by atoms with van der Waals surface area (Å²) in [5.41, 5.74) is 2.75. The lowest BCUT2D eigenvalue weighted by atomic mass is 10.1. The molecule has 112 valence electrons. The topological polar surface area (TPSA) is 21.3 Å². The molecule has 0 aliphatic rings. The molecule has 0 unspecified atom stereocenters. The number of nitrogens with one attached hydrogen (secondary N) is 1. The fraction of sp³-hybridized carbons (Fsp3) is 0.250. The van der Waals surface area contributed by atoms with Crippen LogP contribution in [-0.4, -0.2) is 12.8 Å². The number of ether oxygens (including phenoxy) is 1. The zero-order valence-electron chi connectivity index (χ0n) is 11.6. The molecule has 0 spiro atoms. The molecule has 2 aromatic rings. The smallest absolute Gasteiger partial charge is 0.422 e. The summed E-state index contributed by atoms with van der Waals surface area (Å²) < 4.78 is 41.5. The third kappa shape index (κ3) is 5.02. The molecule has 0 aliphatic carbocycles. The van der Waals surface area contributed by atoms with Crippen molar-refractivity contribution in [2.24, 2.45) is 0 Å². The zero-order chi connectivity index (χ0) is 15.3. The van der Waals surface area contributed by atoms with Gasteiger partial charge in [0.2, 0.25) is 0 Å². The quantitative estimate of drug-likeness (QED) is 0.874. The van der Waals surface area contributed by atoms with Gasteiger partial charge in [0.1, 0.15) is 5.75 Å². The normalized spacial score (nSPS) is 11.2. The fourth-order valence-electron chi connectivity index (χ4n) is 1.80. The largest absolute Gasteiger partial charge is 0.482 e. The number of hydrogen-bond donors (Lipinski definition) is 1. The minimum atomic E-state index is -4.34. The second kappa shape index (κ2) is 6.52. The van der Waals surface area contributed by atoms with Crippen LogP contribution in [-0.2, 0) is 6.54 Å². The highest BCUT2D eigenvalue weighted by atomic mass is 19.4. The SMILES string of the molecule is Cc1ccc(CNc2ccccc2OCC(F)(F)F)cc1. The van der Waals surface area contributed by atoms with Crippen LogP contribution < -0.4 is 10.1 Å². The van der Waals surface area contributed by atoms with Crippen LogP contribution in [0, 0.1) is 6.92 Å². The molecule has 0 radical (unpaired) electrons. The molecular weight excluding hydrogens is 279 g/mol. The van der Waals surface area contributed by atoms with Crippen molar-refractivity contribution in [2.45, 2.75) is 19.6 Å². The molecule has 0 amide bonds. The summed E-state index contributed by atoms with van der Waals surface area (Å²) in [5.74, 6) is 0.196. The highest BCUT2D eigenvalue weighted by Crippen LogP contribution is 2.26. The van der Waals surface area contributed by atoms with Crippen LogP contribution in [0.25, 0.3) is 0 Å². The lowest BCUT2D eigenvalue weighted by Gasteiger charge is -2.14. The summed E-state index contributed by atoms with van der Waals surface area (Å²) >= 11 is 0. The van der Waals surface area contributed by atoms with E-state index >= 15 is 0 Å². The van der Waals surface area contributed by atoms with Gasteiger partial charge in [-0.05, 0) is 24.6 Å². The average molecular weight is 295 g/mol. The van der Waals surface area contributed by atoms with E-state index in [2.05, 4.69) is 5.32 Å². The van der Waals surface area contributed by atoms with Crippen LogP contribution in [0.5, 0.6) is 5.75 Å². The molecule has 0 heterocycles. The number of rotatable bonds is 5. The van der Waals surface area contributed by atoms with Gasteiger partial charge in [0, 0.05) is 6.54 Å². The Kier molecular flexibility index (Phi) is 4.73. The van der Waals surface area contributed by atoms with Crippen molar-refractivity contribution in [3.05, 3.63) is 59.7 Å². The molecule has 5 heteroatoms. The van der Waals surface area contributed by atoms with Crippen LogP contribution in [0.1, 0.15) is 11.1 Å². The van der Waals surface area contributed by atoms with Crippen molar-refractivity contribution in [1.29, 1.82) is 0 Å². The Bertz CT molecular complexity index is 579. The van der Waals surface area contributed by atoms with E-state index in [4.69, 9.17) is 4.74 Å². The van der Waals surface area contributed by atoms with E-state index in [1.54, 1.807) is 18.2 Å². The second-order valence-electron chi connectivity index (χ2n) is 4.74. The van der Waals surface area contributed by atoms with Gasteiger partial charge in [-0.25, -0.2) is 0 Å². The molecule has 2 aromatic carbocycles. The predicted molar refractivity (Wildman–Crippen MR) is 76.5 cm³/mol. The first-order valence-corrected chi connectivity index (χ1v) is 6.52. The lowest BCUT2D eigenvalue weighted by molar-refractivity contribution is -0.153. The highest BCUT2D eigenvalue weighted by molar-refractivity contribution is 5.56. The van der Waals surface area contributed by atoms with Crippen molar-refractivity contribution in [2.75, 3.05) is 11.9 Å². The monoisotopic (exact) mass is 295 g/mol. The molecule has 0 saturated heterocycles. The van der Waals surface area contributed by atoms with Crippen molar-refractivity contribution >= 4 is 5.69 Å². The van der Waals surface area contributed by atoms with Gasteiger partial charge < -0.3 is 10.1 Å². The minimum Gasteiger partial charge on any atom is -0.482 e. The van der Waals surface area contributed by atoms with Gasteiger partial charge in [-0.2, -0.15) is 13.2 Å². The van der Waals surface area contributed by atoms with Crippen molar-refractivity contribution in [3.63, 3.8) is 0 Å². The van der Waals surface area contributed by atoms with Gasteiger partial charge in [-0.1, -0.05) is 42.0 Å². The molecule has 2 nitrogen and oxygen atoms in total. The number of hydrogen-bond acceptors (Lipinski definition) is 2. The molecule has 0 atom stereocenters. The van der Waals surface area contributed by atoms with Gasteiger partial charge in [-0.15, -0.1) is 0 Å². The summed E-state index contributed by atoms with van der Waals surface area (Å²) in [6.45, 7) is 1.22. The molecule has 0 aliphatic heterocycles.